The summed E-state index contributed by atoms with van der Waals surface area (Å²) in [7, 11) is 0. The molecule has 1 rings (SSSR count). The summed E-state index contributed by atoms with van der Waals surface area (Å²) in [6.07, 6.45) is 2.72. The number of rotatable bonds is 8. The lowest BCUT2D eigenvalue weighted by atomic mass is 10.2. The van der Waals surface area contributed by atoms with Crippen molar-refractivity contribution in [1.29, 1.82) is 0 Å². The normalized spacial score (nSPS) is 10.4. The molecule has 0 saturated carbocycles. The minimum absolute atomic E-state index is 0.313. The molecule has 0 aromatic heterocycles. The highest BCUT2D eigenvalue weighted by molar-refractivity contribution is 9.10. The standard InChI is InChI=1S/C13H18BrNO2/c1-2-3-7-17-8-6-15-10-11-9-12(14)4-5-13(11)16/h2,4-5,9,15-16H,1,3,6-8,10H2. The van der Waals surface area contributed by atoms with Gasteiger partial charge in [0, 0.05) is 23.1 Å². The average Bonchev–Trinajstić information content (AvgIpc) is 2.32. The van der Waals surface area contributed by atoms with Gasteiger partial charge in [0.1, 0.15) is 5.75 Å². The summed E-state index contributed by atoms with van der Waals surface area (Å²) in [6, 6.07) is 5.40. The summed E-state index contributed by atoms with van der Waals surface area (Å²) in [6.45, 7) is 6.41. The molecule has 0 bridgehead atoms. The van der Waals surface area contributed by atoms with E-state index in [4.69, 9.17) is 4.74 Å². The van der Waals surface area contributed by atoms with Crippen LogP contribution >= 0.6 is 15.9 Å². The topological polar surface area (TPSA) is 41.5 Å². The molecule has 0 aliphatic rings. The third-order valence-corrected chi connectivity index (χ3v) is 2.74. The second kappa shape index (κ2) is 8.28. The van der Waals surface area contributed by atoms with Gasteiger partial charge in [-0.1, -0.05) is 22.0 Å². The number of phenols is 1. The van der Waals surface area contributed by atoms with Gasteiger partial charge in [0.05, 0.1) is 13.2 Å². The van der Waals surface area contributed by atoms with E-state index < -0.39 is 0 Å². The monoisotopic (exact) mass is 299 g/mol. The van der Waals surface area contributed by atoms with Gasteiger partial charge in [-0.2, -0.15) is 0 Å². The molecule has 0 fully saturated rings. The van der Waals surface area contributed by atoms with Crippen molar-refractivity contribution in [1.82, 2.24) is 5.32 Å². The molecule has 0 radical (unpaired) electrons. The second-order valence-electron chi connectivity index (χ2n) is 3.64. The van der Waals surface area contributed by atoms with Crippen LogP contribution in [-0.2, 0) is 11.3 Å². The van der Waals surface area contributed by atoms with Crippen molar-refractivity contribution >= 4 is 15.9 Å². The molecule has 94 valence electrons. The Morgan fingerprint density at radius 3 is 3.00 bits per heavy atom. The summed E-state index contributed by atoms with van der Waals surface area (Å²) in [5, 5.41) is 12.8. The zero-order valence-electron chi connectivity index (χ0n) is 9.79. The molecule has 0 unspecified atom stereocenters. The van der Waals surface area contributed by atoms with Crippen LogP contribution in [0.3, 0.4) is 0 Å². The van der Waals surface area contributed by atoms with E-state index in [9.17, 15) is 5.11 Å². The van der Waals surface area contributed by atoms with Crippen molar-refractivity contribution in [3.05, 3.63) is 40.9 Å². The first-order chi connectivity index (χ1) is 8.24. The van der Waals surface area contributed by atoms with Crippen LogP contribution in [0.5, 0.6) is 5.75 Å². The summed E-state index contributed by atoms with van der Waals surface area (Å²) in [5.41, 5.74) is 0.880. The molecule has 0 spiro atoms. The lowest BCUT2D eigenvalue weighted by molar-refractivity contribution is 0.140. The van der Waals surface area contributed by atoms with E-state index >= 15 is 0 Å². The van der Waals surface area contributed by atoms with Crippen LogP contribution < -0.4 is 5.32 Å². The van der Waals surface area contributed by atoms with Crippen molar-refractivity contribution in [3.8, 4) is 5.75 Å². The lowest BCUT2D eigenvalue weighted by Gasteiger charge is -2.07. The molecule has 0 amide bonds. The summed E-state index contributed by atoms with van der Waals surface area (Å²) in [5.74, 6) is 0.313. The number of hydrogen-bond donors (Lipinski definition) is 2. The van der Waals surface area contributed by atoms with Crippen LogP contribution in [0.4, 0.5) is 0 Å². The van der Waals surface area contributed by atoms with E-state index in [0.29, 0.717) is 25.5 Å². The largest absolute Gasteiger partial charge is 0.508 e. The molecular weight excluding hydrogens is 282 g/mol. The molecule has 3 nitrogen and oxygen atoms in total. The lowest BCUT2D eigenvalue weighted by Crippen LogP contribution is -2.19. The van der Waals surface area contributed by atoms with Crippen LogP contribution in [0.25, 0.3) is 0 Å². The maximum absolute atomic E-state index is 9.60. The molecule has 0 heterocycles. The predicted molar refractivity (Wildman–Crippen MR) is 73.1 cm³/mol. The number of ether oxygens (including phenoxy) is 1. The fraction of sp³-hybridized carbons (Fsp3) is 0.385. The first kappa shape index (κ1) is 14.2. The van der Waals surface area contributed by atoms with E-state index in [0.717, 1.165) is 23.0 Å². The summed E-state index contributed by atoms with van der Waals surface area (Å²) in [4.78, 5) is 0. The Morgan fingerprint density at radius 2 is 2.24 bits per heavy atom. The highest BCUT2D eigenvalue weighted by Gasteiger charge is 2.00. The number of hydrogen-bond acceptors (Lipinski definition) is 3. The van der Waals surface area contributed by atoms with Gasteiger partial charge in [0.15, 0.2) is 0 Å². The maximum atomic E-state index is 9.60. The highest BCUT2D eigenvalue weighted by Crippen LogP contribution is 2.21. The second-order valence-corrected chi connectivity index (χ2v) is 4.56. The molecule has 4 heteroatoms. The molecule has 1 aromatic carbocycles. The Balaban J connectivity index is 2.17. The van der Waals surface area contributed by atoms with Crippen molar-refractivity contribution < 1.29 is 9.84 Å². The van der Waals surface area contributed by atoms with Gasteiger partial charge in [0.2, 0.25) is 0 Å². The van der Waals surface area contributed by atoms with Crippen LogP contribution in [0.15, 0.2) is 35.3 Å². The molecule has 0 aliphatic carbocycles. The van der Waals surface area contributed by atoms with Crippen LogP contribution in [0, 0.1) is 0 Å². The van der Waals surface area contributed by atoms with Gasteiger partial charge in [0.25, 0.3) is 0 Å². The third kappa shape index (κ3) is 5.86. The van der Waals surface area contributed by atoms with E-state index in [1.54, 1.807) is 6.07 Å². The number of nitrogens with one attached hydrogen (secondary N) is 1. The van der Waals surface area contributed by atoms with Gasteiger partial charge in [-0.05, 0) is 24.6 Å². The Kier molecular flexibility index (Phi) is 6.93. The van der Waals surface area contributed by atoms with Crippen LogP contribution in [0.2, 0.25) is 0 Å². The molecule has 1 aromatic rings. The SMILES string of the molecule is C=CCCOCCNCc1cc(Br)ccc1O. The minimum atomic E-state index is 0.313. The maximum Gasteiger partial charge on any atom is 0.120 e. The van der Waals surface area contributed by atoms with E-state index in [-0.39, 0.29) is 0 Å². The van der Waals surface area contributed by atoms with Crippen LogP contribution in [0.1, 0.15) is 12.0 Å². The molecular formula is C13H18BrNO2. The van der Waals surface area contributed by atoms with Gasteiger partial charge in [-0.3, -0.25) is 0 Å². The number of aromatic hydroxyl groups is 1. The molecule has 2 N–H and O–H groups in total. The van der Waals surface area contributed by atoms with E-state index in [1.807, 2.05) is 18.2 Å². The van der Waals surface area contributed by atoms with Gasteiger partial charge < -0.3 is 15.2 Å². The number of halogens is 1. The van der Waals surface area contributed by atoms with Gasteiger partial charge in [-0.25, -0.2) is 0 Å². The highest BCUT2D eigenvalue weighted by atomic mass is 79.9. The Hall–Kier alpha value is -0.840. The zero-order chi connectivity index (χ0) is 12.5. The molecule has 0 saturated heterocycles. The summed E-state index contributed by atoms with van der Waals surface area (Å²) >= 11 is 3.37. The van der Waals surface area contributed by atoms with E-state index in [1.165, 1.54) is 0 Å². The Morgan fingerprint density at radius 1 is 1.41 bits per heavy atom. The fourth-order valence-electron chi connectivity index (χ4n) is 1.33. The van der Waals surface area contributed by atoms with Crippen molar-refractivity contribution in [3.63, 3.8) is 0 Å². The smallest absolute Gasteiger partial charge is 0.120 e. The quantitative estimate of drug-likeness (QED) is 0.573. The third-order valence-electron chi connectivity index (χ3n) is 2.25. The van der Waals surface area contributed by atoms with Crippen LogP contribution in [-0.4, -0.2) is 24.9 Å². The Labute approximate surface area is 111 Å². The Bertz CT molecular complexity index is 355. The minimum Gasteiger partial charge on any atom is -0.508 e. The summed E-state index contributed by atoms with van der Waals surface area (Å²) < 4.78 is 6.33. The van der Waals surface area contributed by atoms with Crippen molar-refractivity contribution in [2.45, 2.75) is 13.0 Å². The average molecular weight is 300 g/mol. The van der Waals surface area contributed by atoms with E-state index in [2.05, 4.69) is 27.8 Å². The van der Waals surface area contributed by atoms with Crippen molar-refractivity contribution in [2.24, 2.45) is 0 Å². The predicted octanol–water partition coefficient (Wildman–Crippen LogP) is 2.84. The molecule has 0 aliphatic heterocycles. The number of benzene rings is 1. The van der Waals surface area contributed by atoms with Crippen molar-refractivity contribution in [2.75, 3.05) is 19.8 Å². The van der Waals surface area contributed by atoms with Gasteiger partial charge in [-0.15, -0.1) is 6.58 Å². The number of phenolic OH excluding ortho intramolecular Hbond substituents is 1. The first-order valence-corrected chi connectivity index (χ1v) is 6.40. The zero-order valence-corrected chi connectivity index (χ0v) is 11.4. The molecule has 0 atom stereocenters. The fourth-order valence-corrected chi connectivity index (χ4v) is 1.74. The molecule has 17 heavy (non-hydrogen) atoms. The first-order valence-electron chi connectivity index (χ1n) is 5.61. The van der Waals surface area contributed by atoms with Gasteiger partial charge >= 0.3 is 0 Å².